The standard InChI is InChI=1S/C26H33NO4/c1-25-13-12-23(30)27(15-16-4-6-17(31-3)7-5-16)21(25)10-8-18-19-9-11-22(29)26(19,2)14-20(28)24(18)25/h4-7,18-19,21,24H,8-15H2,1-3H3/t18?,19?,21?,24-,25?,26?/m1/s1. The second-order valence-corrected chi connectivity index (χ2v) is 10.7. The Kier molecular flexibility index (Phi) is 4.80. The van der Waals surface area contributed by atoms with Gasteiger partial charge in [0.2, 0.25) is 5.91 Å². The van der Waals surface area contributed by atoms with Crippen LogP contribution in [0.2, 0.25) is 0 Å². The monoisotopic (exact) mass is 423 g/mol. The van der Waals surface area contributed by atoms with Gasteiger partial charge in [-0.3, -0.25) is 14.4 Å². The Bertz CT molecular complexity index is 924. The maximum absolute atomic E-state index is 13.5. The molecule has 0 spiro atoms. The second kappa shape index (κ2) is 7.18. The van der Waals surface area contributed by atoms with Gasteiger partial charge in [-0.25, -0.2) is 0 Å². The molecule has 0 radical (unpaired) electrons. The van der Waals surface area contributed by atoms with Crippen LogP contribution in [-0.4, -0.2) is 35.5 Å². The summed E-state index contributed by atoms with van der Waals surface area (Å²) in [5.74, 6) is 2.15. The van der Waals surface area contributed by atoms with Crippen LogP contribution in [-0.2, 0) is 20.9 Å². The summed E-state index contributed by atoms with van der Waals surface area (Å²) < 4.78 is 5.26. The average Bonchev–Trinajstić information content (AvgIpc) is 3.04. The lowest BCUT2D eigenvalue weighted by molar-refractivity contribution is -0.171. The fraction of sp³-hybridized carbons (Fsp3) is 0.654. The Balaban J connectivity index is 1.44. The van der Waals surface area contributed by atoms with E-state index in [0.29, 0.717) is 31.7 Å². The molecule has 0 bridgehead atoms. The maximum atomic E-state index is 13.5. The Morgan fingerprint density at radius 3 is 2.48 bits per heavy atom. The van der Waals surface area contributed by atoms with Crippen molar-refractivity contribution in [1.29, 1.82) is 0 Å². The summed E-state index contributed by atoms with van der Waals surface area (Å²) in [6.07, 6.45) is 5.09. The largest absolute Gasteiger partial charge is 0.497 e. The molecule has 1 aromatic carbocycles. The van der Waals surface area contributed by atoms with Crippen LogP contribution in [0, 0.1) is 28.6 Å². The van der Waals surface area contributed by atoms with Gasteiger partial charge in [0.15, 0.2) is 0 Å². The molecule has 0 N–H and O–H groups in total. The zero-order chi connectivity index (χ0) is 22.0. The molecule has 1 heterocycles. The van der Waals surface area contributed by atoms with E-state index in [1.54, 1.807) is 7.11 Å². The number of carbonyl (C=O) groups excluding carboxylic acids is 3. The molecule has 1 amide bonds. The van der Waals surface area contributed by atoms with Gasteiger partial charge in [0.25, 0.3) is 0 Å². The molecule has 4 fully saturated rings. The van der Waals surface area contributed by atoms with Crippen molar-refractivity contribution in [3.8, 4) is 5.75 Å². The number of fused-ring (bicyclic) bond motifs is 5. The molecule has 5 heteroatoms. The van der Waals surface area contributed by atoms with Gasteiger partial charge in [-0.2, -0.15) is 0 Å². The molecule has 0 aromatic heterocycles. The number of likely N-dealkylation sites (tertiary alicyclic amines) is 1. The highest BCUT2D eigenvalue weighted by atomic mass is 16.5. The van der Waals surface area contributed by atoms with E-state index < -0.39 is 5.41 Å². The van der Waals surface area contributed by atoms with Gasteiger partial charge >= 0.3 is 0 Å². The smallest absolute Gasteiger partial charge is 0.223 e. The van der Waals surface area contributed by atoms with E-state index in [1.807, 2.05) is 36.1 Å². The molecule has 4 aliphatic rings. The van der Waals surface area contributed by atoms with Crippen molar-refractivity contribution in [1.82, 2.24) is 4.90 Å². The summed E-state index contributed by atoms with van der Waals surface area (Å²) in [6.45, 7) is 4.86. The number of piperidine rings is 1. The predicted molar refractivity (Wildman–Crippen MR) is 116 cm³/mol. The van der Waals surface area contributed by atoms with Crippen LogP contribution in [0.15, 0.2) is 24.3 Å². The van der Waals surface area contributed by atoms with Gasteiger partial charge in [0, 0.05) is 43.2 Å². The van der Waals surface area contributed by atoms with E-state index >= 15 is 0 Å². The summed E-state index contributed by atoms with van der Waals surface area (Å²) in [4.78, 5) is 41.2. The fourth-order valence-corrected chi connectivity index (χ4v) is 7.72. The Labute approximate surface area is 184 Å². The van der Waals surface area contributed by atoms with Crippen molar-refractivity contribution in [2.45, 2.75) is 71.4 Å². The van der Waals surface area contributed by atoms with Gasteiger partial charge in [-0.05, 0) is 60.6 Å². The first-order valence-electron chi connectivity index (χ1n) is 11.8. The third-order valence-corrected chi connectivity index (χ3v) is 9.30. The van der Waals surface area contributed by atoms with Gasteiger partial charge < -0.3 is 9.64 Å². The lowest BCUT2D eigenvalue weighted by Crippen LogP contribution is -2.64. The average molecular weight is 424 g/mol. The number of ether oxygens (including phenoxy) is 1. The summed E-state index contributed by atoms with van der Waals surface area (Å²) in [5.41, 5.74) is 0.437. The van der Waals surface area contributed by atoms with Gasteiger partial charge in [0.1, 0.15) is 17.3 Å². The predicted octanol–water partition coefficient (Wildman–Crippen LogP) is 4.18. The van der Waals surface area contributed by atoms with E-state index in [1.165, 1.54) is 0 Å². The first-order valence-corrected chi connectivity index (χ1v) is 11.8. The van der Waals surface area contributed by atoms with Crippen LogP contribution in [0.3, 0.4) is 0 Å². The quantitative estimate of drug-likeness (QED) is 0.732. The molecule has 166 valence electrons. The lowest BCUT2D eigenvalue weighted by atomic mass is 9.47. The number of ketones is 2. The molecule has 5 unspecified atom stereocenters. The topological polar surface area (TPSA) is 63.7 Å². The minimum Gasteiger partial charge on any atom is -0.497 e. The van der Waals surface area contributed by atoms with Gasteiger partial charge in [-0.1, -0.05) is 26.0 Å². The van der Waals surface area contributed by atoms with Crippen LogP contribution < -0.4 is 4.74 Å². The van der Waals surface area contributed by atoms with Crippen molar-refractivity contribution in [2.24, 2.45) is 28.6 Å². The fourth-order valence-electron chi connectivity index (χ4n) is 7.72. The van der Waals surface area contributed by atoms with Crippen LogP contribution >= 0.6 is 0 Å². The molecule has 1 saturated heterocycles. The lowest BCUT2D eigenvalue weighted by Gasteiger charge is -2.60. The first-order chi connectivity index (χ1) is 14.8. The second-order valence-electron chi connectivity index (χ2n) is 10.7. The molecular weight excluding hydrogens is 390 g/mol. The van der Waals surface area contributed by atoms with Crippen LogP contribution in [0.5, 0.6) is 5.75 Å². The molecule has 31 heavy (non-hydrogen) atoms. The number of Topliss-reactive ketones (excluding diaryl/α,β-unsaturated/α-hetero) is 2. The highest BCUT2D eigenvalue weighted by molar-refractivity contribution is 5.95. The molecule has 5 nitrogen and oxygen atoms in total. The molecule has 6 atom stereocenters. The third-order valence-electron chi connectivity index (χ3n) is 9.30. The van der Waals surface area contributed by atoms with Crippen molar-refractivity contribution in [2.75, 3.05) is 7.11 Å². The van der Waals surface area contributed by atoms with Crippen molar-refractivity contribution >= 4 is 17.5 Å². The zero-order valence-electron chi connectivity index (χ0n) is 18.9. The van der Waals surface area contributed by atoms with Crippen molar-refractivity contribution in [3.05, 3.63) is 29.8 Å². The summed E-state index contributed by atoms with van der Waals surface area (Å²) in [7, 11) is 1.65. The van der Waals surface area contributed by atoms with Crippen molar-refractivity contribution in [3.63, 3.8) is 0 Å². The van der Waals surface area contributed by atoms with E-state index in [-0.39, 0.29) is 40.8 Å². The Hall–Kier alpha value is -2.17. The van der Waals surface area contributed by atoms with Crippen LogP contribution in [0.4, 0.5) is 0 Å². The maximum Gasteiger partial charge on any atom is 0.223 e. The summed E-state index contributed by atoms with van der Waals surface area (Å²) >= 11 is 0. The third kappa shape index (κ3) is 2.99. The van der Waals surface area contributed by atoms with Crippen molar-refractivity contribution < 1.29 is 19.1 Å². The van der Waals surface area contributed by atoms with Gasteiger partial charge in [0.05, 0.1) is 7.11 Å². The Morgan fingerprint density at radius 1 is 1.03 bits per heavy atom. The number of nitrogens with zero attached hydrogens (tertiary/aromatic N) is 1. The molecule has 5 rings (SSSR count). The number of hydrogen-bond acceptors (Lipinski definition) is 4. The number of methoxy groups -OCH3 is 1. The van der Waals surface area contributed by atoms with E-state index in [2.05, 4.69) is 6.92 Å². The van der Waals surface area contributed by atoms with Crippen LogP contribution in [0.25, 0.3) is 0 Å². The van der Waals surface area contributed by atoms with E-state index in [9.17, 15) is 14.4 Å². The number of hydrogen-bond donors (Lipinski definition) is 0. The first kappa shape index (κ1) is 20.7. The normalized spacial score (nSPS) is 39.7. The molecular formula is C26H33NO4. The highest BCUT2D eigenvalue weighted by Gasteiger charge is 2.64. The molecule has 3 saturated carbocycles. The molecule has 1 aromatic rings. The Morgan fingerprint density at radius 2 is 1.77 bits per heavy atom. The summed E-state index contributed by atoms with van der Waals surface area (Å²) in [5, 5.41) is 0. The molecule has 3 aliphatic carbocycles. The number of benzene rings is 1. The molecule has 1 aliphatic heterocycles. The SMILES string of the molecule is COc1ccc(CN2C(=O)CCC3(C)C2CCC2C4CCC(=O)C4(C)CC(=O)[C@@H]23)cc1. The minimum atomic E-state index is -0.450. The minimum absolute atomic E-state index is 0.0262. The number of amides is 1. The van der Waals surface area contributed by atoms with E-state index in [4.69, 9.17) is 4.74 Å². The van der Waals surface area contributed by atoms with E-state index in [0.717, 1.165) is 37.0 Å². The highest BCUT2D eigenvalue weighted by Crippen LogP contribution is 2.62. The number of carbonyl (C=O) groups is 3. The van der Waals surface area contributed by atoms with Gasteiger partial charge in [-0.15, -0.1) is 0 Å². The zero-order valence-corrected chi connectivity index (χ0v) is 18.9. The van der Waals surface area contributed by atoms with Crippen LogP contribution in [0.1, 0.15) is 64.4 Å². The number of rotatable bonds is 3. The summed E-state index contributed by atoms with van der Waals surface area (Å²) in [6, 6.07) is 7.99.